The van der Waals surface area contributed by atoms with Gasteiger partial charge in [-0.05, 0) is 31.5 Å². The highest BCUT2D eigenvalue weighted by Crippen LogP contribution is 2.11. The van der Waals surface area contributed by atoms with Crippen LogP contribution in [0.3, 0.4) is 0 Å². The SMILES string of the molecule is Cc1ccc(OCCCNC(=O)c2coc(CN)c2)cc1.Cl. The van der Waals surface area contributed by atoms with Crippen LogP contribution >= 0.6 is 12.4 Å². The monoisotopic (exact) mass is 324 g/mol. The fraction of sp³-hybridized carbons (Fsp3) is 0.312. The van der Waals surface area contributed by atoms with Gasteiger partial charge < -0.3 is 20.2 Å². The van der Waals surface area contributed by atoms with Crippen LogP contribution in [0.5, 0.6) is 5.75 Å². The van der Waals surface area contributed by atoms with Gasteiger partial charge in [0.2, 0.25) is 0 Å². The van der Waals surface area contributed by atoms with Crippen LogP contribution in [0.15, 0.2) is 41.0 Å². The Morgan fingerprint density at radius 3 is 2.68 bits per heavy atom. The summed E-state index contributed by atoms with van der Waals surface area (Å²) >= 11 is 0. The summed E-state index contributed by atoms with van der Waals surface area (Å²) < 4.78 is 10.7. The predicted molar refractivity (Wildman–Crippen MR) is 87.5 cm³/mol. The van der Waals surface area contributed by atoms with Gasteiger partial charge in [0.25, 0.3) is 5.91 Å². The molecular formula is C16H21ClN2O3. The van der Waals surface area contributed by atoms with Crippen molar-refractivity contribution in [1.29, 1.82) is 0 Å². The second-order valence-corrected chi connectivity index (χ2v) is 4.78. The van der Waals surface area contributed by atoms with E-state index in [4.69, 9.17) is 14.9 Å². The number of ether oxygens (including phenoxy) is 1. The summed E-state index contributed by atoms with van der Waals surface area (Å²) in [5.41, 5.74) is 7.12. The zero-order valence-electron chi connectivity index (χ0n) is 12.5. The fourth-order valence-electron chi connectivity index (χ4n) is 1.81. The lowest BCUT2D eigenvalue weighted by atomic mass is 10.2. The summed E-state index contributed by atoms with van der Waals surface area (Å²) in [6.45, 7) is 3.43. The highest BCUT2D eigenvalue weighted by Gasteiger charge is 2.08. The van der Waals surface area contributed by atoms with Gasteiger partial charge in [0.15, 0.2) is 0 Å². The van der Waals surface area contributed by atoms with E-state index in [-0.39, 0.29) is 24.9 Å². The maximum absolute atomic E-state index is 11.8. The van der Waals surface area contributed by atoms with Crippen molar-refractivity contribution in [3.8, 4) is 5.75 Å². The van der Waals surface area contributed by atoms with Crippen molar-refractivity contribution in [2.75, 3.05) is 13.2 Å². The fourth-order valence-corrected chi connectivity index (χ4v) is 1.81. The molecule has 0 radical (unpaired) electrons. The number of carbonyl (C=O) groups excluding carboxylic acids is 1. The Hall–Kier alpha value is -1.98. The molecule has 22 heavy (non-hydrogen) atoms. The van der Waals surface area contributed by atoms with Crippen molar-refractivity contribution >= 4 is 18.3 Å². The highest BCUT2D eigenvalue weighted by molar-refractivity contribution is 5.93. The van der Waals surface area contributed by atoms with Gasteiger partial charge >= 0.3 is 0 Å². The van der Waals surface area contributed by atoms with E-state index in [9.17, 15) is 4.79 Å². The summed E-state index contributed by atoms with van der Waals surface area (Å²) in [7, 11) is 0. The molecule has 0 unspecified atom stereocenters. The van der Waals surface area contributed by atoms with Crippen LogP contribution < -0.4 is 15.8 Å². The van der Waals surface area contributed by atoms with E-state index in [1.54, 1.807) is 6.07 Å². The Morgan fingerprint density at radius 1 is 1.32 bits per heavy atom. The number of carbonyl (C=O) groups is 1. The summed E-state index contributed by atoms with van der Waals surface area (Å²) in [6, 6.07) is 9.54. The minimum Gasteiger partial charge on any atom is -0.494 e. The highest BCUT2D eigenvalue weighted by atomic mass is 35.5. The van der Waals surface area contributed by atoms with Crippen molar-refractivity contribution in [3.63, 3.8) is 0 Å². The van der Waals surface area contributed by atoms with Gasteiger partial charge in [-0.25, -0.2) is 0 Å². The van der Waals surface area contributed by atoms with E-state index in [0.717, 1.165) is 12.2 Å². The van der Waals surface area contributed by atoms with E-state index in [0.29, 0.717) is 24.5 Å². The minimum atomic E-state index is -0.159. The van der Waals surface area contributed by atoms with Crippen LogP contribution in [-0.4, -0.2) is 19.1 Å². The molecule has 1 amide bonds. The molecule has 2 aromatic rings. The first-order valence-electron chi connectivity index (χ1n) is 6.94. The number of nitrogens with one attached hydrogen (secondary N) is 1. The molecule has 0 aliphatic carbocycles. The van der Waals surface area contributed by atoms with Crippen molar-refractivity contribution in [3.05, 3.63) is 53.5 Å². The third-order valence-corrected chi connectivity index (χ3v) is 3.01. The molecule has 0 bridgehead atoms. The number of hydrogen-bond acceptors (Lipinski definition) is 4. The molecule has 5 nitrogen and oxygen atoms in total. The van der Waals surface area contributed by atoms with Gasteiger partial charge in [0.05, 0.1) is 18.7 Å². The molecule has 0 fully saturated rings. The molecule has 0 atom stereocenters. The summed E-state index contributed by atoms with van der Waals surface area (Å²) in [4.78, 5) is 11.8. The minimum absolute atomic E-state index is 0. The first-order valence-corrected chi connectivity index (χ1v) is 6.94. The molecule has 1 heterocycles. The molecule has 2 rings (SSSR count). The van der Waals surface area contributed by atoms with E-state index >= 15 is 0 Å². The first kappa shape index (κ1) is 18.1. The number of rotatable bonds is 7. The van der Waals surface area contributed by atoms with Gasteiger partial charge in [-0.2, -0.15) is 0 Å². The van der Waals surface area contributed by atoms with Gasteiger partial charge in [0.1, 0.15) is 17.8 Å². The Bertz CT molecular complexity index is 581. The zero-order chi connectivity index (χ0) is 15.1. The van der Waals surface area contributed by atoms with E-state index in [1.807, 2.05) is 31.2 Å². The molecule has 0 aliphatic rings. The molecule has 1 aromatic carbocycles. The lowest BCUT2D eigenvalue weighted by Crippen LogP contribution is -2.25. The second kappa shape index (κ2) is 9.12. The Balaban J connectivity index is 0.00000242. The summed E-state index contributed by atoms with van der Waals surface area (Å²) in [5, 5.41) is 2.81. The van der Waals surface area contributed by atoms with E-state index in [2.05, 4.69) is 5.32 Å². The number of hydrogen-bond donors (Lipinski definition) is 2. The average Bonchev–Trinajstić information content (AvgIpc) is 2.98. The molecule has 0 spiro atoms. The van der Waals surface area contributed by atoms with Crippen LogP contribution in [0.2, 0.25) is 0 Å². The number of benzene rings is 1. The molecule has 0 saturated carbocycles. The molecule has 0 aliphatic heterocycles. The number of nitrogens with two attached hydrogens (primary N) is 1. The lowest BCUT2D eigenvalue weighted by Gasteiger charge is -2.07. The van der Waals surface area contributed by atoms with Crippen LogP contribution in [0.4, 0.5) is 0 Å². The number of halogens is 1. The third-order valence-electron chi connectivity index (χ3n) is 3.01. The quantitative estimate of drug-likeness (QED) is 0.768. The van der Waals surface area contributed by atoms with Crippen LogP contribution in [0, 0.1) is 6.92 Å². The van der Waals surface area contributed by atoms with Crippen LogP contribution in [0.25, 0.3) is 0 Å². The van der Waals surface area contributed by atoms with Crippen molar-refractivity contribution < 1.29 is 13.9 Å². The average molecular weight is 325 g/mol. The zero-order valence-corrected chi connectivity index (χ0v) is 13.3. The molecule has 120 valence electrons. The smallest absolute Gasteiger partial charge is 0.254 e. The van der Waals surface area contributed by atoms with E-state index in [1.165, 1.54) is 11.8 Å². The predicted octanol–water partition coefficient (Wildman–Crippen LogP) is 2.67. The molecule has 6 heteroatoms. The van der Waals surface area contributed by atoms with Crippen molar-refractivity contribution in [1.82, 2.24) is 5.32 Å². The second-order valence-electron chi connectivity index (χ2n) is 4.78. The normalized spacial score (nSPS) is 9.91. The van der Waals surface area contributed by atoms with Gasteiger partial charge in [-0.15, -0.1) is 12.4 Å². The maximum atomic E-state index is 11.8. The third kappa shape index (κ3) is 5.42. The molecule has 1 aromatic heterocycles. The van der Waals surface area contributed by atoms with Crippen molar-refractivity contribution in [2.45, 2.75) is 19.9 Å². The van der Waals surface area contributed by atoms with Crippen molar-refractivity contribution in [2.24, 2.45) is 5.73 Å². The van der Waals surface area contributed by atoms with Crippen LogP contribution in [-0.2, 0) is 6.54 Å². The van der Waals surface area contributed by atoms with Gasteiger partial charge in [0, 0.05) is 6.54 Å². The topological polar surface area (TPSA) is 77.5 Å². The van der Waals surface area contributed by atoms with E-state index < -0.39 is 0 Å². The molecular weight excluding hydrogens is 304 g/mol. The maximum Gasteiger partial charge on any atom is 0.254 e. The molecule has 0 saturated heterocycles. The van der Waals surface area contributed by atoms with Gasteiger partial charge in [-0.1, -0.05) is 17.7 Å². The largest absolute Gasteiger partial charge is 0.494 e. The Morgan fingerprint density at radius 2 is 2.05 bits per heavy atom. The lowest BCUT2D eigenvalue weighted by molar-refractivity contribution is 0.0951. The summed E-state index contributed by atoms with van der Waals surface area (Å²) in [5.74, 6) is 1.28. The molecule has 3 N–H and O–H groups in total. The van der Waals surface area contributed by atoms with Gasteiger partial charge in [-0.3, -0.25) is 4.79 Å². The van der Waals surface area contributed by atoms with Crippen LogP contribution in [0.1, 0.15) is 28.1 Å². The number of furan rings is 1. The Kier molecular flexibility index (Phi) is 7.49. The number of aryl methyl sites for hydroxylation is 1. The Labute approximate surface area is 136 Å². The standard InChI is InChI=1S/C16H20N2O3.ClH/c1-12-3-5-14(6-4-12)20-8-2-7-18-16(19)13-9-15(10-17)21-11-13;/h3-6,9,11H,2,7-8,10,17H2,1H3,(H,18,19);1H. The summed E-state index contributed by atoms with van der Waals surface area (Å²) in [6.07, 6.45) is 2.15. The number of amides is 1. The first-order chi connectivity index (χ1) is 10.2.